The molecule has 0 bridgehead atoms. The first-order valence-corrected chi connectivity index (χ1v) is 8.71. The molecular formula is C20H20ClN3O3. The van der Waals surface area contributed by atoms with Crippen LogP contribution in [-0.2, 0) is 9.53 Å². The first kappa shape index (κ1) is 20.3. The monoisotopic (exact) mass is 385 g/mol. The van der Waals surface area contributed by atoms with E-state index in [2.05, 4.69) is 10.3 Å². The number of nitrogens with zero attached hydrogens (tertiary/aromatic N) is 1. The molecule has 0 atom stereocenters. The van der Waals surface area contributed by atoms with Gasteiger partial charge in [0.05, 0.1) is 12.2 Å². The number of aromatic nitrogens is 1. The number of aryl methyl sites for hydroxylation is 2. The van der Waals surface area contributed by atoms with E-state index < -0.39 is 11.9 Å². The Morgan fingerprint density at radius 2 is 2.04 bits per heavy atom. The molecule has 1 aromatic carbocycles. The second kappa shape index (κ2) is 8.56. The lowest BCUT2D eigenvalue weighted by Crippen LogP contribution is -2.14. The molecule has 2 N–H and O–H groups in total. The molecule has 0 aliphatic carbocycles. The molecule has 0 aliphatic rings. The van der Waals surface area contributed by atoms with E-state index in [4.69, 9.17) is 16.3 Å². The van der Waals surface area contributed by atoms with Gasteiger partial charge in [0.1, 0.15) is 11.6 Å². The maximum absolute atomic E-state index is 12.5. The van der Waals surface area contributed by atoms with Gasteiger partial charge in [-0.3, -0.25) is 4.79 Å². The van der Waals surface area contributed by atoms with Crippen LogP contribution in [0.3, 0.4) is 0 Å². The fraction of sp³-hybridized carbons (Fsp3) is 0.250. The summed E-state index contributed by atoms with van der Waals surface area (Å²) in [7, 11) is 0. The highest BCUT2D eigenvalue weighted by atomic mass is 35.5. The van der Waals surface area contributed by atoms with Crippen molar-refractivity contribution in [1.82, 2.24) is 4.98 Å². The van der Waals surface area contributed by atoms with Gasteiger partial charge in [-0.2, -0.15) is 5.26 Å². The minimum absolute atomic E-state index is 0.103. The molecule has 7 heteroatoms. The van der Waals surface area contributed by atoms with Gasteiger partial charge in [-0.25, -0.2) is 4.79 Å². The number of carbonyl (C=O) groups excluding carboxylic acids is 2. The Hall–Kier alpha value is -3.04. The number of carbonyl (C=O) groups is 2. The summed E-state index contributed by atoms with van der Waals surface area (Å²) in [6.07, 6.45) is 1.42. The molecule has 140 valence electrons. The third-order valence-corrected chi connectivity index (χ3v) is 4.29. The Morgan fingerprint density at radius 3 is 2.67 bits per heavy atom. The van der Waals surface area contributed by atoms with Crippen molar-refractivity contribution in [2.45, 2.75) is 27.7 Å². The van der Waals surface area contributed by atoms with Crippen molar-refractivity contribution in [3.05, 3.63) is 56.9 Å². The van der Waals surface area contributed by atoms with E-state index in [1.54, 1.807) is 39.0 Å². The molecule has 0 aliphatic heterocycles. The Morgan fingerprint density at radius 1 is 1.33 bits per heavy atom. The van der Waals surface area contributed by atoms with Crippen LogP contribution in [0.15, 0.2) is 23.8 Å². The number of esters is 1. The molecule has 0 radical (unpaired) electrons. The first-order chi connectivity index (χ1) is 12.8. The third kappa shape index (κ3) is 4.57. The third-order valence-electron chi connectivity index (χ3n) is 4.06. The number of benzene rings is 1. The number of rotatable bonds is 5. The number of aromatic amines is 1. The summed E-state index contributed by atoms with van der Waals surface area (Å²) in [5, 5.41) is 12.6. The fourth-order valence-electron chi connectivity index (χ4n) is 2.64. The molecule has 1 heterocycles. The zero-order chi connectivity index (χ0) is 20.1. The van der Waals surface area contributed by atoms with E-state index in [-0.39, 0.29) is 12.2 Å². The number of anilines is 1. The Balaban J connectivity index is 2.35. The number of amides is 1. The van der Waals surface area contributed by atoms with Gasteiger partial charge in [0.2, 0.25) is 0 Å². The van der Waals surface area contributed by atoms with Gasteiger partial charge >= 0.3 is 5.97 Å². The zero-order valence-corrected chi connectivity index (χ0v) is 16.3. The Bertz CT molecular complexity index is 968. The van der Waals surface area contributed by atoms with Crippen molar-refractivity contribution in [1.29, 1.82) is 5.26 Å². The number of halogens is 1. The van der Waals surface area contributed by atoms with Gasteiger partial charge in [0.15, 0.2) is 0 Å². The molecule has 1 aromatic heterocycles. The molecule has 6 nitrogen and oxygen atoms in total. The summed E-state index contributed by atoms with van der Waals surface area (Å²) >= 11 is 5.96. The SMILES string of the molecule is CCOC(=O)c1c(C)[nH]c(/C=C(\C#N)C(=O)Nc2cc(Cl)ccc2C)c1C. The average Bonchev–Trinajstić information content (AvgIpc) is 2.89. The lowest BCUT2D eigenvalue weighted by atomic mass is 10.1. The minimum Gasteiger partial charge on any atom is -0.462 e. The second-order valence-electron chi connectivity index (χ2n) is 5.97. The molecule has 0 spiro atoms. The minimum atomic E-state index is -0.563. The highest BCUT2D eigenvalue weighted by Gasteiger charge is 2.20. The quantitative estimate of drug-likeness (QED) is 0.455. The fourth-order valence-corrected chi connectivity index (χ4v) is 2.81. The lowest BCUT2D eigenvalue weighted by Gasteiger charge is -2.08. The van der Waals surface area contributed by atoms with E-state index in [0.717, 1.165) is 5.56 Å². The number of hydrogen-bond acceptors (Lipinski definition) is 4. The van der Waals surface area contributed by atoms with Crippen molar-refractivity contribution in [3.8, 4) is 6.07 Å². The topological polar surface area (TPSA) is 95.0 Å². The van der Waals surface area contributed by atoms with Gasteiger partial charge in [-0.15, -0.1) is 0 Å². The van der Waals surface area contributed by atoms with Crippen molar-refractivity contribution in [2.24, 2.45) is 0 Å². The van der Waals surface area contributed by atoms with E-state index in [1.807, 2.05) is 13.0 Å². The Kier molecular flexibility index (Phi) is 6.43. The van der Waals surface area contributed by atoms with E-state index in [9.17, 15) is 14.9 Å². The summed E-state index contributed by atoms with van der Waals surface area (Å²) in [6.45, 7) is 7.28. The van der Waals surface area contributed by atoms with Gasteiger partial charge in [-0.05, 0) is 57.0 Å². The number of ether oxygens (including phenoxy) is 1. The van der Waals surface area contributed by atoms with E-state index in [1.165, 1.54) is 6.08 Å². The number of nitrogens with one attached hydrogen (secondary N) is 2. The van der Waals surface area contributed by atoms with Crippen molar-refractivity contribution < 1.29 is 14.3 Å². The molecule has 2 aromatic rings. The van der Waals surface area contributed by atoms with Crippen LogP contribution in [0, 0.1) is 32.1 Å². The van der Waals surface area contributed by atoms with Crippen LogP contribution in [-0.4, -0.2) is 23.5 Å². The van der Waals surface area contributed by atoms with E-state index >= 15 is 0 Å². The molecular weight excluding hydrogens is 366 g/mol. The zero-order valence-electron chi connectivity index (χ0n) is 15.6. The number of H-pyrrole nitrogens is 1. The molecule has 0 fully saturated rings. The maximum Gasteiger partial charge on any atom is 0.340 e. The number of hydrogen-bond donors (Lipinski definition) is 2. The van der Waals surface area contributed by atoms with Crippen LogP contribution in [0.25, 0.3) is 6.08 Å². The largest absolute Gasteiger partial charge is 0.462 e. The highest BCUT2D eigenvalue weighted by molar-refractivity contribution is 6.31. The smallest absolute Gasteiger partial charge is 0.340 e. The van der Waals surface area contributed by atoms with Crippen molar-refractivity contribution in [3.63, 3.8) is 0 Å². The second-order valence-corrected chi connectivity index (χ2v) is 6.40. The summed E-state index contributed by atoms with van der Waals surface area (Å²) in [5.74, 6) is -1.01. The predicted octanol–water partition coefficient (Wildman–Crippen LogP) is 4.32. The first-order valence-electron chi connectivity index (χ1n) is 8.34. The van der Waals surface area contributed by atoms with Gasteiger partial charge in [0, 0.05) is 22.1 Å². The normalized spacial score (nSPS) is 11.0. The van der Waals surface area contributed by atoms with E-state index in [0.29, 0.717) is 33.2 Å². The molecule has 0 saturated heterocycles. The summed E-state index contributed by atoms with van der Waals surface area (Å²) in [4.78, 5) is 27.6. The average molecular weight is 386 g/mol. The standard InChI is InChI=1S/C20H20ClN3O3/c1-5-27-20(26)18-12(3)17(23-13(18)4)8-14(10-22)19(25)24-16-9-15(21)7-6-11(16)2/h6-9,23H,5H2,1-4H3,(H,24,25)/b14-8+. The Labute approximate surface area is 162 Å². The van der Waals surface area contributed by atoms with Crippen LogP contribution >= 0.6 is 11.6 Å². The van der Waals surface area contributed by atoms with Crippen LogP contribution < -0.4 is 5.32 Å². The summed E-state index contributed by atoms with van der Waals surface area (Å²) in [6, 6.07) is 7.01. The highest BCUT2D eigenvalue weighted by Crippen LogP contribution is 2.23. The van der Waals surface area contributed by atoms with Crippen LogP contribution in [0.1, 0.15) is 39.8 Å². The van der Waals surface area contributed by atoms with Gasteiger partial charge in [0.25, 0.3) is 5.91 Å². The molecule has 0 saturated carbocycles. The molecule has 27 heavy (non-hydrogen) atoms. The molecule has 1 amide bonds. The lowest BCUT2D eigenvalue weighted by molar-refractivity contribution is -0.112. The summed E-state index contributed by atoms with van der Waals surface area (Å²) in [5.41, 5.74) is 3.39. The van der Waals surface area contributed by atoms with Crippen LogP contribution in [0.2, 0.25) is 5.02 Å². The van der Waals surface area contributed by atoms with Crippen molar-refractivity contribution in [2.75, 3.05) is 11.9 Å². The molecule has 0 unspecified atom stereocenters. The van der Waals surface area contributed by atoms with Gasteiger partial charge < -0.3 is 15.0 Å². The van der Waals surface area contributed by atoms with Gasteiger partial charge in [-0.1, -0.05) is 17.7 Å². The summed E-state index contributed by atoms with van der Waals surface area (Å²) < 4.78 is 5.05. The van der Waals surface area contributed by atoms with Crippen LogP contribution in [0.4, 0.5) is 5.69 Å². The van der Waals surface area contributed by atoms with Crippen molar-refractivity contribution >= 4 is 35.2 Å². The maximum atomic E-state index is 12.5. The van der Waals surface area contributed by atoms with Crippen LogP contribution in [0.5, 0.6) is 0 Å². The predicted molar refractivity (Wildman–Crippen MR) is 105 cm³/mol. The molecule has 2 rings (SSSR count). The number of nitriles is 1.